The number of rotatable bonds is 4. The van der Waals surface area contributed by atoms with Crippen molar-refractivity contribution in [2.45, 2.75) is 33.5 Å². The van der Waals surface area contributed by atoms with Crippen LogP contribution in [0.5, 0.6) is 0 Å². The van der Waals surface area contributed by atoms with Crippen LogP contribution >= 0.6 is 0 Å². The van der Waals surface area contributed by atoms with E-state index in [0.717, 1.165) is 4.57 Å². The van der Waals surface area contributed by atoms with E-state index in [1.165, 1.54) is 26.8 Å². The zero-order valence-corrected chi connectivity index (χ0v) is 10.8. The van der Waals surface area contributed by atoms with E-state index in [1.807, 2.05) is 0 Å². The first kappa shape index (κ1) is 15.3. The molecule has 1 aromatic heterocycles. The number of Topliss-reactive ketones (excluding diaryl/α,β-unsaturated/α-hetero) is 1. The van der Waals surface area contributed by atoms with Gasteiger partial charge in [-0.25, -0.2) is 4.79 Å². The van der Waals surface area contributed by atoms with E-state index < -0.39 is 18.7 Å². The van der Waals surface area contributed by atoms with Gasteiger partial charge in [0.15, 0.2) is 5.78 Å². The number of nitrogens with zero attached hydrogens (tertiary/aromatic N) is 1. The monoisotopic (exact) mass is 277 g/mol. The number of ether oxygens (including phenoxy) is 1. The van der Waals surface area contributed by atoms with E-state index in [1.54, 1.807) is 0 Å². The zero-order chi connectivity index (χ0) is 14.8. The molecule has 0 amide bonds. The summed E-state index contributed by atoms with van der Waals surface area (Å²) in [4.78, 5) is 22.3. The molecule has 1 heterocycles. The first-order chi connectivity index (χ1) is 8.61. The molecule has 19 heavy (non-hydrogen) atoms. The molecule has 1 rings (SSSR count). The predicted molar refractivity (Wildman–Crippen MR) is 60.9 cm³/mol. The summed E-state index contributed by atoms with van der Waals surface area (Å²) in [5.41, 5.74) is 0.524. The van der Waals surface area contributed by atoms with Crippen LogP contribution in [-0.4, -0.2) is 29.1 Å². The van der Waals surface area contributed by atoms with Crippen molar-refractivity contribution in [3.05, 3.63) is 23.0 Å². The Morgan fingerprint density at radius 2 is 1.89 bits per heavy atom. The molecule has 0 aliphatic heterocycles. The van der Waals surface area contributed by atoms with Crippen molar-refractivity contribution in [3.8, 4) is 0 Å². The molecule has 0 aliphatic carbocycles. The van der Waals surface area contributed by atoms with Crippen molar-refractivity contribution >= 4 is 11.8 Å². The number of esters is 1. The highest BCUT2D eigenvalue weighted by Gasteiger charge is 2.30. The van der Waals surface area contributed by atoms with Crippen molar-refractivity contribution < 1.29 is 27.5 Å². The third-order valence-corrected chi connectivity index (χ3v) is 2.54. The molecule has 0 aromatic carbocycles. The van der Waals surface area contributed by atoms with Gasteiger partial charge < -0.3 is 9.30 Å². The summed E-state index contributed by atoms with van der Waals surface area (Å²) < 4.78 is 42.8. The van der Waals surface area contributed by atoms with Crippen LogP contribution in [0.1, 0.15) is 28.7 Å². The van der Waals surface area contributed by atoms with Crippen LogP contribution in [0, 0.1) is 13.8 Å². The van der Waals surface area contributed by atoms with Crippen LogP contribution in [0.25, 0.3) is 0 Å². The summed E-state index contributed by atoms with van der Waals surface area (Å²) in [6, 6.07) is 1.32. The van der Waals surface area contributed by atoms with Gasteiger partial charge >= 0.3 is 12.1 Å². The van der Waals surface area contributed by atoms with Gasteiger partial charge in [0.2, 0.25) is 0 Å². The Morgan fingerprint density at radius 1 is 1.32 bits per heavy atom. The van der Waals surface area contributed by atoms with Gasteiger partial charge in [0.1, 0.15) is 13.2 Å². The molecule has 0 aliphatic rings. The minimum absolute atomic E-state index is 0.0444. The molecule has 1 aromatic rings. The second-order valence-electron chi connectivity index (χ2n) is 4.26. The first-order valence-electron chi connectivity index (χ1n) is 5.52. The van der Waals surface area contributed by atoms with Crippen LogP contribution in [-0.2, 0) is 16.1 Å². The number of hydrogen-bond donors (Lipinski definition) is 0. The third kappa shape index (κ3) is 4.11. The molecule has 0 bridgehead atoms. The third-order valence-electron chi connectivity index (χ3n) is 2.54. The zero-order valence-electron chi connectivity index (χ0n) is 10.8. The summed E-state index contributed by atoms with van der Waals surface area (Å²) in [7, 11) is 0. The predicted octanol–water partition coefficient (Wildman–Crippen LogP) is 2.41. The molecule has 0 atom stereocenters. The minimum atomic E-state index is -4.37. The van der Waals surface area contributed by atoms with Crippen molar-refractivity contribution in [1.82, 2.24) is 4.57 Å². The fourth-order valence-corrected chi connectivity index (χ4v) is 1.68. The van der Waals surface area contributed by atoms with Gasteiger partial charge in [-0.2, -0.15) is 13.2 Å². The minimum Gasteiger partial charge on any atom is -0.454 e. The van der Waals surface area contributed by atoms with Crippen LogP contribution < -0.4 is 0 Å². The van der Waals surface area contributed by atoms with E-state index in [2.05, 4.69) is 4.74 Å². The molecule has 0 fully saturated rings. The number of hydrogen-bond acceptors (Lipinski definition) is 3. The smallest absolute Gasteiger partial charge is 0.406 e. The van der Waals surface area contributed by atoms with Gasteiger partial charge in [0.05, 0.1) is 5.56 Å². The molecule has 0 unspecified atom stereocenters. The topological polar surface area (TPSA) is 48.3 Å². The lowest BCUT2D eigenvalue weighted by atomic mass is 10.2. The maximum atomic E-state index is 12.4. The Labute approximate surface area is 108 Å². The Bertz CT molecular complexity index is 503. The Hall–Kier alpha value is -1.79. The van der Waals surface area contributed by atoms with Gasteiger partial charge in [-0.3, -0.25) is 4.79 Å². The molecule has 0 radical (unpaired) electrons. The number of halogens is 3. The second-order valence-corrected chi connectivity index (χ2v) is 4.26. The first-order valence-corrected chi connectivity index (χ1v) is 5.52. The molecule has 0 saturated heterocycles. The van der Waals surface area contributed by atoms with Crippen molar-refractivity contribution in [2.24, 2.45) is 0 Å². The highest BCUT2D eigenvalue weighted by molar-refractivity contribution is 5.92. The highest BCUT2D eigenvalue weighted by Crippen LogP contribution is 2.23. The highest BCUT2D eigenvalue weighted by atomic mass is 19.4. The van der Waals surface area contributed by atoms with E-state index in [-0.39, 0.29) is 23.6 Å². The largest absolute Gasteiger partial charge is 0.454 e. The van der Waals surface area contributed by atoms with Crippen LogP contribution in [0.2, 0.25) is 0 Å². The maximum Gasteiger partial charge on any atom is 0.406 e. The van der Waals surface area contributed by atoms with Gasteiger partial charge in [-0.15, -0.1) is 0 Å². The van der Waals surface area contributed by atoms with Gasteiger partial charge in [0.25, 0.3) is 0 Å². The normalized spacial score (nSPS) is 11.5. The van der Waals surface area contributed by atoms with Gasteiger partial charge in [0, 0.05) is 11.4 Å². The molecule has 0 saturated carbocycles. The summed E-state index contributed by atoms with van der Waals surface area (Å²) in [6.45, 7) is 2.58. The SMILES string of the molecule is CC(=O)COC(=O)c1cc(C)n(CC(F)(F)F)c1C. The number of carbonyl (C=O) groups excluding carboxylic acids is 2. The fraction of sp³-hybridized carbons (Fsp3) is 0.500. The van der Waals surface area contributed by atoms with Crippen LogP contribution in [0.3, 0.4) is 0 Å². The molecule has 4 nitrogen and oxygen atoms in total. The summed E-state index contributed by atoms with van der Waals surface area (Å²) >= 11 is 0. The standard InChI is InChI=1S/C12H14F3NO3/c1-7-4-10(11(18)19-5-8(2)17)9(3)16(7)6-12(13,14)15/h4H,5-6H2,1-3H3. The lowest BCUT2D eigenvalue weighted by molar-refractivity contribution is -0.141. The number of alkyl halides is 3. The fourth-order valence-electron chi connectivity index (χ4n) is 1.68. The van der Waals surface area contributed by atoms with Gasteiger partial charge in [-0.1, -0.05) is 0 Å². The number of ketones is 1. The van der Waals surface area contributed by atoms with E-state index in [4.69, 9.17) is 0 Å². The van der Waals surface area contributed by atoms with Crippen LogP contribution in [0.4, 0.5) is 13.2 Å². The molecule has 7 heteroatoms. The number of carbonyl (C=O) groups is 2. The number of aryl methyl sites for hydroxylation is 1. The molecule has 106 valence electrons. The Morgan fingerprint density at radius 3 is 2.37 bits per heavy atom. The molecular formula is C12H14F3NO3. The average molecular weight is 277 g/mol. The van der Waals surface area contributed by atoms with Crippen molar-refractivity contribution in [1.29, 1.82) is 0 Å². The lowest BCUT2D eigenvalue weighted by Gasteiger charge is -2.12. The van der Waals surface area contributed by atoms with E-state index >= 15 is 0 Å². The molecule has 0 spiro atoms. The lowest BCUT2D eigenvalue weighted by Crippen LogP contribution is -2.20. The maximum absolute atomic E-state index is 12.4. The van der Waals surface area contributed by atoms with Crippen molar-refractivity contribution in [2.75, 3.05) is 6.61 Å². The second kappa shape index (κ2) is 5.46. The van der Waals surface area contributed by atoms with E-state index in [0.29, 0.717) is 5.69 Å². The Balaban J connectivity index is 2.96. The number of aromatic nitrogens is 1. The molecule has 0 N–H and O–H groups in total. The quantitative estimate of drug-likeness (QED) is 0.794. The Kier molecular flexibility index (Phi) is 4.39. The summed E-state index contributed by atoms with van der Waals surface area (Å²) in [5.74, 6) is -1.13. The summed E-state index contributed by atoms with van der Waals surface area (Å²) in [5, 5.41) is 0. The van der Waals surface area contributed by atoms with Gasteiger partial charge in [-0.05, 0) is 26.8 Å². The van der Waals surface area contributed by atoms with Crippen LogP contribution in [0.15, 0.2) is 6.07 Å². The van der Waals surface area contributed by atoms with Crippen molar-refractivity contribution in [3.63, 3.8) is 0 Å². The van der Waals surface area contributed by atoms with E-state index in [9.17, 15) is 22.8 Å². The molecular weight excluding hydrogens is 263 g/mol. The summed E-state index contributed by atoms with van der Waals surface area (Å²) in [6.07, 6.45) is -4.37. The average Bonchev–Trinajstić information content (AvgIpc) is 2.52.